The van der Waals surface area contributed by atoms with Crippen LogP contribution in [0.15, 0.2) is 24.7 Å². The Morgan fingerprint density at radius 1 is 1.30 bits per heavy atom. The van der Waals surface area contributed by atoms with E-state index in [0.29, 0.717) is 18.9 Å². The molecule has 1 amide bonds. The monoisotopic (exact) mass is 365 g/mol. The van der Waals surface area contributed by atoms with Crippen LogP contribution in [0.5, 0.6) is 0 Å². The second-order valence-corrected chi connectivity index (χ2v) is 7.40. The highest BCUT2D eigenvalue weighted by Gasteiger charge is 2.23. The van der Waals surface area contributed by atoms with Crippen molar-refractivity contribution in [2.75, 3.05) is 11.4 Å². The number of nitrogens with zero attached hydrogens (tertiary/aromatic N) is 5. The number of amides is 1. The van der Waals surface area contributed by atoms with Gasteiger partial charge in [0, 0.05) is 38.2 Å². The summed E-state index contributed by atoms with van der Waals surface area (Å²) < 4.78 is 2.09. The summed E-state index contributed by atoms with van der Waals surface area (Å²) in [7, 11) is 0. The van der Waals surface area contributed by atoms with E-state index in [1.54, 1.807) is 6.33 Å². The van der Waals surface area contributed by atoms with Crippen molar-refractivity contribution in [3.63, 3.8) is 0 Å². The van der Waals surface area contributed by atoms with Gasteiger partial charge in [0.1, 0.15) is 17.8 Å². The molecule has 0 spiro atoms. The third-order valence-corrected chi connectivity index (χ3v) is 5.25. The van der Waals surface area contributed by atoms with E-state index >= 15 is 0 Å². The first-order chi connectivity index (χ1) is 13.3. The summed E-state index contributed by atoms with van der Waals surface area (Å²) in [4.78, 5) is 26.2. The third-order valence-electron chi connectivity index (χ3n) is 5.25. The lowest BCUT2D eigenvalue weighted by Crippen LogP contribution is -2.25. The Hall–Kier alpha value is -2.90. The van der Waals surface area contributed by atoms with Crippen LogP contribution in [0.4, 0.5) is 5.82 Å². The van der Waals surface area contributed by atoms with E-state index in [1.807, 2.05) is 12.3 Å². The molecule has 4 heterocycles. The number of hydrogen-bond donors (Lipinski definition) is 2. The van der Waals surface area contributed by atoms with Gasteiger partial charge in [-0.2, -0.15) is 5.10 Å². The van der Waals surface area contributed by atoms with E-state index in [-0.39, 0.29) is 5.91 Å². The molecule has 2 N–H and O–H groups in total. The van der Waals surface area contributed by atoms with Crippen molar-refractivity contribution in [1.29, 1.82) is 0 Å². The maximum absolute atomic E-state index is 11.9. The van der Waals surface area contributed by atoms with Crippen molar-refractivity contribution in [1.82, 2.24) is 30.0 Å². The van der Waals surface area contributed by atoms with E-state index in [2.05, 4.69) is 35.9 Å². The Morgan fingerprint density at radius 2 is 2.22 bits per heavy atom. The maximum Gasteiger partial charge on any atom is 0.220 e. The van der Waals surface area contributed by atoms with Crippen LogP contribution in [0.1, 0.15) is 37.1 Å². The van der Waals surface area contributed by atoms with Gasteiger partial charge in [-0.05, 0) is 31.4 Å². The Labute approximate surface area is 157 Å². The Bertz CT molecular complexity index is 972. The molecule has 140 valence electrons. The summed E-state index contributed by atoms with van der Waals surface area (Å²) in [5.41, 5.74) is 3.03. The smallest absolute Gasteiger partial charge is 0.220 e. The molecular weight excluding hydrogens is 342 g/mol. The van der Waals surface area contributed by atoms with Gasteiger partial charge in [0.2, 0.25) is 5.91 Å². The topological polar surface area (TPSA) is 91.7 Å². The maximum atomic E-state index is 11.9. The number of rotatable bonds is 5. The number of fused-ring (bicyclic) bond motifs is 2. The van der Waals surface area contributed by atoms with E-state index in [0.717, 1.165) is 61.4 Å². The zero-order valence-corrected chi connectivity index (χ0v) is 15.2. The predicted octanol–water partition coefficient (Wildman–Crippen LogP) is 1.78. The van der Waals surface area contributed by atoms with Crippen LogP contribution in [0.25, 0.3) is 11.0 Å². The van der Waals surface area contributed by atoms with Crippen molar-refractivity contribution in [2.45, 2.75) is 51.2 Å². The van der Waals surface area contributed by atoms with Crippen molar-refractivity contribution >= 4 is 22.8 Å². The van der Waals surface area contributed by atoms with Crippen molar-refractivity contribution < 1.29 is 4.79 Å². The molecule has 8 heteroatoms. The Balaban J connectivity index is 1.32. The predicted molar refractivity (Wildman–Crippen MR) is 101 cm³/mol. The number of anilines is 1. The van der Waals surface area contributed by atoms with Gasteiger partial charge in [0.05, 0.1) is 23.3 Å². The van der Waals surface area contributed by atoms with Gasteiger partial charge >= 0.3 is 0 Å². The fourth-order valence-corrected chi connectivity index (χ4v) is 3.70. The molecule has 0 bridgehead atoms. The summed E-state index contributed by atoms with van der Waals surface area (Å²) >= 11 is 0. The van der Waals surface area contributed by atoms with Crippen LogP contribution in [0.3, 0.4) is 0 Å². The Morgan fingerprint density at radius 3 is 3.11 bits per heavy atom. The molecule has 0 atom stereocenters. The van der Waals surface area contributed by atoms with Crippen LogP contribution in [-0.2, 0) is 24.3 Å². The minimum Gasteiger partial charge on any atom is -0.353 e. The standard InChI is InChI=1S/C19H23N7O/c27-17(23-13-2-3-13)5-4-14-10-15-11-25(8-1-9-26(15)24-14)19-16-6-7-20-18(16)21-12-22-19/h6-7,10,12-13H,1-5,8-9,11H2,(H,23,27)(H,20,21,22). The number of nitrogens with one attached hydrogen (secondary N) is 2. The summed E-state index contributed by atoms with van der Waals surface area (Å²) in [5, 5.41) is 8.81. The number of H-pyrrole nitrogens is 1. The molecule has 3 aromatic heterocycles. The van der Waals surface area contributed by atoms with Gasteiger partial charge in [-0.3, -0.25) is 9.48 Å². The first kappa shape index (κ1) is 16.3. The minimum absolute atomic E-state index is 0.137. The number of hydrogen-bond acceptors (Lipinski definition) is 5. The van der Waals surface area contributed by atoms with Gasteiger partial charge < -0.3 is 15.2 Å². The van der Waals surface area contributed by atoms with E-state index in [4.69, 9.17) is 5.10 Å². The lowest BCUT2D eigenvalue weighted by Gasteiger charge is -2.21. The van der Waals surface area contributed by atoms with Gasteiger partial charge in [0.15, 0.2) is 0 Å². The highest BCUT2D eigenvalue weighted by atomic mass is 16.1. The average molecular weight is 365 g/mol. The number of aromatic nitrogens is 5. The van der Waals surface area contributed by atoms with Gasteiger partial charge in [-0.15, -0.1) is 0 Å². The fourth-order valence-electron chi connectivity index (χ4n) is 3.70. The SMILES string of the molecule is O=C(CCc1cc2n(n1)CCCN(c1ncnc3[nH]ccc13)C2)NC1CC1. The first-order valence-corrected chi connectivity index (χ1v) is 9.64. The molecule has 3 aromatic rings. The molecule has 2 aliphatic rings. The number of aromatic amines is 1. The molecule has 1 saturated carbocycles. The number of carbonyl (C=O) groups is 1. The third kappa shape index (κ3) is 3.39. The van der Waals surface area contributed by atoms with Crippen LogP contribution < -0.4 is 10.2 Å². The molecule has 27 heavy (non-hydrogen) atoms. The van der Waals surface area contributed by atoms with Crippen LogP contribution in [0, 0.1) is 0 Å². The summed E-state index contributed by atoms with van der Waals surface area (Å²) in [6, 6.07) is 4.58. The zero-order chi connectivity index (χ0) is 18.2. The largest absolute Gasteiger partial charge is 0.353 e. The van der Waals surface area contributed by atoms with Crippen LogP contribution in [0.2, 0.25) is 0 Å². The Kier molecular flexibility index (Phi) is 4.03. The molecule has 0 radical (unpaired) electrons. The molecule has 1 fully saturated rings. The lowest BCUT2D eigenvalue weighted by atomic mass is 10.2. The molecular formula is C19H23N7O. The number of carbonyl (C=O) groups excluding carboxylic acids is 1. The molecule has 8 nitrogen and oxygen atoms in total. The molecule has 0 aromatic carbocycles. The van der Waals surface area contributed by atoms with Crippen LogP contribution >= 0.6 is 0 Å². The van der Waals surface area contributed by atoms with Gasteiger partial charge in [0.25, 0.3) is 0 Å². The van der Waals surface area contributed by atoms with E-state index in [9.17, 15) is 4.79 Å². The summed E-state index contributed by atoms with van der Waals surface area (Å²) in [6.07, 6.45) is 7.96. The quantitative estimate of drug-likeness (QED) is 0.719. The molecule has 1 aliphatic heterocycles. The number of aryl methyl sites for hydroxylation is 2. The van der Waals surface area contributed by atoms with Crippen molar-refractivity contribution in [2.24, 2.45) is 0 Å². The average Bonchev–Trinajstić information content (AvgIpc) is 3.26. The fraction of sp³-hybridized carbons (Fsp3) is 0.474. The van der Waals surface area contributed by atoms with E-state index < -0.39 is 0 Å². The van der Waals surface area contributed by atoms with E-state index in [1.165, 1.54) is 5.69 Å². The normalized spacial score (nSPS) is 17.0. The molecule has 0 unspecified atom stereocenters. The minimum atomic E-state index is 0.137. The lowest BCUT2D eigenvalue weighted by molar-refractivity contribution is -0.121. The molecule has 0 saturated heterocycles. The molecule has 5 rings (SSSR count). The zero-order valence-electron chi connectivity index (χ0n) is 15.2. The summed E-state index contributed by atoms with van der Waals surface area (Å²) in [6.45, 7) is 2.58. The highest BCUT2D eigenvalue weighted by Crippen LogP contribution is 2.26. The van der Waals surface area contributed by atoms with Gasteiger partial charge in [-0.1, -0.05) is 0 Å². The first-order valence-electron chi connectivity index (χ1n) is 9.64. The van der Waals surface area contributed by atoms with Crippen molar-refractivity contribution in [3.8, 4) is 0 Å². The van der Waals surface area contributed by atoms with Gasteiger partial charge in [-0.25, -0.2) is 9.97 Å². The second kappa shape index (κ2) is 6.68. The second-order valence-electron chi connectivity index (χ2n) is 7.40. The van der Waals surface area contributed by atoms with Crippen LogP contribution in [-0.4, -0.2) is 43.2 Å². The molecule has 1 aliphatic carbocycles. The summed E-state index contributed by atoms with van der Waals surface area (Å²) in [5.74, 6) is 1.10. The van der Waals surface area contributed by atoms with Crippen molar-refractivity contribution in [3.05, 3.63) is 36.0 Å². The highest BCUT2D eigenvalue weighted by molar-refractivity contribution is 5.87.